The zero-order valence-corrected chi connectivity index (χ0v) is 15.4. The number of anilines is 1. The molecule has 2 N–H and O–H groups in total. The number of hydrogen-bond donors (Lipinski definition) is 2. The molecule has 1 aliphatic carbocycles. The first kappa shape index (κ1) is 18.4. The van der Waals surface area contributed by atoms with Crippen LogP contribution in [0.25, 0.3) is 0 Å². The highest BCUT2D eigenvalue weighted by molar-refractivity contribution is 6.31. The third-order valence-electron chi connectivity index (χ3n) is 5.16. The van der Waals surface area contributed by atoms with Crippen molar-refractivity contribution in [3.63, 3.8) is 0 Å². The molecular weight excluding hydrogens is 392 g/mol. The van der Waals surface area contributed by atoms with Crippen molar-refractivity contribution in [1.29, 1.82) is 0 Å². The summed E-state index contributed by atoms with van der Waals surface area (Å²) in [6.07, 6.45) is 0.390. The molecule has 2 aromatic rings. The Balaban J connectivity index is 1.74. The van der Waals surface area contributed by atoms with Crippen molar-refractivity contribution in [2.24, 2.45) is 0 Å². The van der Waals surface area contributed by atoms with Crippen LogP contribution in [0, 0.1) is 11.6 Å². The van der Waals surface area contributed by atoms with Crippen LogP contribution in [0.15, 0.2) is 30.3 Å². The molecule has 0 saturated carbocycles. The van der Waals surface area contributed by atoms with E-state index in [9.17, 15) is 23.2 Å². The zero-order valence-electron chi connectivity index (χ0n) is 14.6. The van der Waals surface area contributed by atoms with Crippen molar-refractivity contribution >= 4 is 35.1 Å². The summed E-state index contributed by atoms with van der Waals surface area (Å²) >= 11 is 5.72. The highest BCUT2D eigenvalue weighted by Crippen LogP contribution is 2.43. The number of amides is 4. The maximum absolute atomic E-state index is 14.7. The molecule has 2 aromatic carbocycles. The Kier molecular flexibility index (Phi) is 4.11. The molecule has 28 heavy (non-hydrogen) atoms. The Bertz CT molecular complexity index is 1060. The highest BCUT2D eigenvalue weighted by atomic mass is 35.5. The summed E-state index contributed by atoms with van der Waals surface area (Å²) in [4.78, 5) is 38.2. The number of carbonyl (C=O) groups excluding carboxylic acids is 3. The number of rotatable bonds is 2. The standard InChI is InChI=1S/C19H14ClF2N3O3/c1-25-17(27)19(24-18(25)28)7-6-10-11(3-5-14(22)15(10)19)16(26)23-9-2-4-13(21)12(20)8-9/h2-5,8H,6-7H2,1H3,(H,23,26)(H,24,28). The molecule has 144 valence electrons. The van der Waals surface area contributed by atoms with Gasteiger partial charge in [-0.05, 0) is 48.7 Å². The number of carbonyl (C=O) groups is 3. The van der Waals surface area contributed by atoms with E-state index in [1.54, 1.807) is 0 Å². The molecule has 2 aliphatic rings. The third kappa shape index (κ3) is 2.56. The Morgan fingerprint density at radius 3 is 2.57 bits per heavy atom. The SMILES string of the molecule is CN1C(=O)NC2(CCc3c(C(=O)Nc4ccc(F)c(Cl)c4)ccc(F)c32)C1=O. The van der Waals surface area contributed by atoms with Crippen molar-refractivity contribution in [3.05, 3.63) is 63.7 Å². The van der Waals surface area contributed by atoms with Gasteiger partial charge in [0.25, 0.3) is 11.8 Å². The van der Waals surface area contributed by atoms with Crippen molar-refractivity contribution in [2.75, 3.05) is 12.4 Å². The maximum atomic E-state index is 14.7. The van der Waals surface area contributed by atoms with Crippen LogP contribution in [0.2, 0.25) is 5.02 Å². The van der Waals surface area contributed by atoms with Gasteiger partial charge < -0.3 is 10.6 Å². The predicted molar refractivity (Wildman–Crippen MR) is 97.1 cm³/mol. The molecule has 1 fully saturated rings. The minimum absolute atomic E-state index is 0.0139. The van der Waals surface area contributed by atoms with Gasteiger partial charge in [-0.2, -0.15) is 0 Å². The van der Waals surface area contributed by atoms with E-state index in [0.717, 1.165) is 17.0 Å². The smallest absolute Gasteiger partial charge is 0.322 e. The lowest BCUT2D eigenvalue weighted by atomic mass is 9.90. The fourth-order valence-electron chi connectivity index (χ4n) is 3.80. The molecule has 1 unspecified atom stereocenters. The normalized spacial score (nSPS) is 20.5. The van der Waals surface area contributed by atoms with Gasteiger partial charge in [-0.3, -0.25) is 14.5 Å². The summed E-state index contributed by atoms with van der Waals surface area (Å²) in [6, 6.07) is 5.52. The minimum atomic E-state index is -1.50. The topological polar surface area (TPSA) is 78.5 Å². The summed E-state index contributed by atoms with van der Waals surface area (Å²) in [5, 5.41) is 5.00. The number of likely N-dealkylation sites (N-methyl/N-ethyl adjacent to an activating group) is 1. The molecule has 1 aliphatic heterocycles. The van der Waals surface area contributed by atoms with Crippen LogP contribution in [0.1, 0.15) is 27.9 Å². The Morgan fingerprint density at radius 1 is 1.21 bits per heavy atom. The van der Waals surface area contributed by atoms with Gasteiger partial charge >= 0.3 is 6.03 Å². The average molecular weight is 406 g/mol. The Morgan fingerprint density at radius 2 is 1.93 bits per heavy atom. The van der Waals surface area contributed by atoms with Crippen LogP contribution in [0.4, 0.5) is 19.3 Å². The van der Waals surface area contributed by atoms with E-state index in [-0.39, 0.29) is 34.7 Å². The number of urea groups is 1. The summed E-state index contributed by atoms with van der Waals surface area (Å²) < 4.78 is 28.0. The molecule has 0 aromatic heterocycles. The van der Waals surface area contributed by atoms with E-state index >= 15 is 0 Å². The highest BCUT2D eigenvalue weighted by Gasteiger charge is 2.56. The van der Waals surface area contributed by atoms with Gasteiger partial charge in [0.05, 0.1) is 5.02 Å². The zero-order chi connectivity index (χ0) is 20.2. The number of halogens is 3. The number of nitrogens with zero attached hydrogens (tertiary/aromatic N) is 1. The number of fused-ring (bicyclic) bond motifs is 2. The van der Waals surface area contributed by atoms with Crippen LogP contribution in [-0.4, -0.2) is 29.8 Å². The van der Waals surface area contributed by atoms with Crippen LogP contribution in [0.3, 0.4) is 0 Å². The predicted octanol–water partition coefficient (Wildman–Crippen LogP) is 3.19. The van der Waals surface area contributed by atoms with Gasteiger partial charge in [-0.1, -0.05) is 11.6 Å². The lowest BCUT2D eigenvalue weighted by Crippen LogP contribution is -2.42. The molecule has 4 amide bonds. The second-order valence-electron chi connectivity index (χ2n) is 6.73. The van der Waals surface area contributed by atoms with E-state index in [2.05, 4.69) is 10.6 Å². The molecule has 4 rings (SSSR count). The lowest BCUT2D eigenvalue weighted by molar-refractivity contribution is -0.130. The molecule has 0 bridgehead atoms. The summed E-state index contributed by atoms with van der Waals surface area (Å²) in [5.41, 5.74) is -0.687. The first-order valence-corrected chi connectivity index (χ1v) is 8.81. The van der Waals surface area contributed by atoms with Crippen molar-refractivity contribution in [1.82, 2.24) is 10.2 Å². The van der Waals surface area contributed by atoms with E-state index in [4.69, 9.17) is 11.6 Å². The van der Waals surface area contributed by atoms with Crippen LogP contribution in [0.5, 0.6) is 0 Å². The molecule has 1 atom stereocenters. The monoisotopic (exact) mass is 405 g/mol. The molecular formula is C19H14ClF2N3O3. The molecule has 1 heterocycles. The van der Waals surface area contributed by atoms with Crippen LogP contribution < -0.4 is 10.6 Å². The minimum Gasteiger partial charge on any atom is -0.322 e. The number of benzene rings is 2. The maximum Gasteiger partial charge on any atom is 0.325 e. The molecule has 9 heteroatoms. The second-order valence-corrected chi connectivity index (χ2v) is 7.14. The Labute approximate surface area is 163 Å². The average Bonchev–Trinajstić information content (AvgIpc) is 3.13. The number of nitrogens with one attached hydrogen (secondary N) is 2. The molecule has 1 saturated heterocycles. The summed E-state index contributed by atoms with van der Waals surface area (Å²) in [7, 11) is 1.32. The van der Waals surface area contributed by atoms with Gasteiger partial charge in [0.2, 0.25) is 0 Å². The van der Waals surface area contributed by atoms with E-state index < -0.39 is 35.0 Å². The van der Waals surface area contributed by atoms with Crippen LogP contribution in [-0.2, 0) is 16.8 Å². The largest absolute Gasteiger partial charge is 0.325 e. The number of imide groups is 1. The quantitative estimate of drug-likeness (QED) is 0.753. The Hall–Kier alpha value is -3.00. The van der Waals surface area contributed by atoms with Crippen molar-refractivity contribution in [2.45, 2.75) is 18.4 Å². The van der Waals surface area contributed by atoms with Crippen molar-refractivity contribution in [3.8, 4) is 0 Å². The van der Waals surface area contributed by atoms with Crippen molar-refractivity contribution < 1.29 is 23.2 Å². The van der Waals surface area contributed by atoms with E-state index in [1.165, 1.54) is 25.2 Å². The van der Waals surface area contributed by atoms with Gasteiger partial charge in [-0.25, -0.2) is 13.6 Å². The summed E-state index contributed by atoms with van der Waals surface area (Å²) in [6.45, 7) is 0. The van der Waals surface area contributed by atoms with Gasteiger partial charge in [-0.15, -0.1) is 0 Å². The van der Waals surface area contributed by atoms with E-state index in [0.29, 0.717) is 5.56 Å². The second kappa shape index (κ2) is 6.27. The lowest BCUT2D eigenvalue weighted by Gasteiger charge is -2.22. The fourth-order valence-corrected chi connectivity index (χ4v) is 3.98. The van der Waals surface area contributed by atoms with Gasteiger partial charge in [0, 0.05) is 23.9 Å². The van der Waals surface area contributed by atoms with E-state index in [1.807, 2.05) is 0 Å². The summed E-state index contributed by atoms with van der Waals surface area (Å²) in [5.74, 6) is -2.40. The first-order valence-electron chi connectivity index (χ1n) is 8.43. The first-order chi connectivity index (χ1) is 13.2. The fraction of sp³-hybridized carbons (Fsp3) is 0.211. The van der Waals surface area contributed by atoms with Crippen LogP contribution >= 0.6 is 11.6 Å². The van der Waals surface area contributed by atoms with Gasteiger partial charge in [0.1, 0.15) is 17.2 Å². The molecule has 6 nitrogen and oxygen atoms in total. The third-order valence-corrected chi connectivity index (χ3v) is 5.45. The molecule has 0 radical (unpaired) electrons. The number of hydrogen-bond acceptors (Lipinski definition) is 3. The molecule has 1 spiro atoms. The van der Waals surface area contributed by atoms with Gasteiger partial charge in [0.15, 0.2) is 0 Å².